The minimum atomic E-state index is -0.546. The van der Waals surface area contributed by atoms with Gasteiger partial charge >= 0.3 is 5.97 Å². The molecule has 3 aromatic carbocycles. The van der Waals surface area contributed by atoms with E-state index in [2.05, 4.69) is 24.1 Å². The van der Waals surface area contributed by atoms with Crippen molar-refractivity contribution in [3.05, 3.63) is 83.4 Å². The molecule has 6 heteroatoms. The van der Waals surface area contributed by atoms with Gasteiger partial charge in [0.25, 0.3) is 5.91 Å². The molecule has 1 aliphatic rings. The summed E-state index contributed by atoms with van der Waals surface area (Å²) in [7, 11) is 1.30. The predicted octanol–water partition coefficient (Wildman–Crippen LogP) is 5.69. The van der Waals surface area contributed by atoms with Crippen molar-refractivity contribution in [2.75, 3.05) is 25.5 Å². The summed E-state index contributed by atoms with van der Waals surface area (Å²) in [6.45, 7) is 6.44. The second-order valence-corrected chi connectivity index (χ2v) is 9.25. The summed E-state index contributed by atoms with van der Waals surface area (Å²) in [5.41, 5.74) is 3.62. The van der Waals surface area contributed by atoms with Crippen molar-refractivity contribution in [2.24, 2.45) is 0 Å². The van der Waals surface area contributed by atoms with E-state index in [1.165, 1.54) is 7.11 Å². The molecule has 1 fully saturated rings. The van der Waals surface area contributed by atoms with E-state index in [-0.39, 0.29) is 16.9 Å². The summed E-state index contributed by atoms with van der Waals surface area (Å²) in [4.78, 5) is 28.1. The zero-order valence-electron chi connectivity index (χ0n) is 20.5. The van der Waals surface area contributed by atoms with Crippen LogP contribution in [-0.4, -0.2) is 48.1 Å². The summed E-state index contributed by atoms with van der Waals surface area (Å²) in [5, 5.41) is 13.3. The molecule has 0 atom stereocenters. The Hall–Kier alpha value is -3.64. The molecule has 3 aromatic rings. The number of anilines is 1. The van der Waals surface area contributed by atoms with Crippen LogP contribution in [-0.2, 0) is 4.74 Å². The van der Waals surface area contributed by atoms with Gasteiger partial charge in [-0.3, -0.25) is 4.79 Å². The Labute approximate surface area is 206 Å². The Bertz CT molecular complexity index is 1200. The van der Waals surface area contributed by atoms with Gasteiger partial charge in [0, 0.05) is 6.04 Å². The van der Waals surface area contributed by atoms with E-state index in [1.807, 2.05) is 42.5 Å². The van der Waals surface area contributed by atoms with Crippen LogP contribution >= 0.6 is 0 Å². The Morgan fingerprint density at radius 2 is 1.66 bits per heavy atom. The van der Waals surface area contributed by atoms with Crippen molar-refractivity contribution in [3.63, 3.8) is 0 Å². The van der Waals surface area contributed by atoms with Crippen LogP contribution in [0.25, 0.3) is 11.1 Å². The quantitative estimate of drug-likeness (QED) is 0.451. The first-order valence-corrected chi connectivity index (χ1v) is 12.0. The molecule has 0 unspecified atom stereocenters. The van der Waals surface area contributed by atoms with Gasteiger partial charge in [0.15, 0.2) is 0 Å². The lowest BCUT2D eigenvalue weighted by atomic mass is 9.88. The summed E-state index contributed by atoms with van der Waals surface area (Å²) in [6.07, 6.45) is 2.02. The number of esters is 1. The molecule has 1 saturated heterocycles. The number of methoxy groups -OCH3 is 1. The monoisotopic (exact) mass is 472 g/mol. The number of benzene rings is 3. The smallest absolute Gasteiger partial charge is 0.339 e. The number of nitrogens with zero attached hydrogens (tertiary/aromatic N) is 1. The molecule has 6 nitrogen and oxygen atoms in total. The van der Waals surface area contributed by atoms with E-state index in [4.69, 9.17) is 4.74 Å². The molecule has 4 rings (SSSR count). The molecule has 0 aliphatic carbocycles. The zero-order valence-corrected chi connectivity index (χ0v) is 20.5. The lowest BCUT2D eigenvalue weighted by molar-refractivity contribution is 0.0602. The van der Waals surface area contributed by atoms with Crippen molar-refractivity contribution < 1.29 is 19.4 Å². The van der Waals surface area contributed by atoms with Gasteiger partial charge in [-0.15, -0.1) is 0 Å². The average Bonchev–Trinajstić information content (AvgIpc) is 2.89. The molecule has 35 heavy (non-hydrogen) atoms. The van der Waals surface area contributed by atoms with E-state index >= 15 is 0 Å². The van der Waals surface area contributed by atoms with Crippen LogP contribution in [0, 0.1) is 0 Å². The normalized spacial score (nSPS) is 14.6. The van der Waals surface area contributed by atoms with Crippen LogP contribution in [0.1, 0.15) is 58.9 Å². The standard InChI is InChI=1S/C29H32N2O4/c1-19(2)31-15-13-21(14-16-31)22-10-12-27(32)25(17-22)28(33)30-26-18-23(20-7-5-4-6-8-20)9-11-24(26)29(34)35-3/h4-12,17-19,21,32H,13-16H2,1-3H3,(H,30,33). The largest absolute Gasteiger partial charge is 0.507 e. The van der Waals surface area contributed by atoms with Gasteiger partial charge in [0.05, 0.1) is 23.9 Å². The lowest BCUT2D eigenvalue weighted by Crippen LogP contribution is -2.37. The molecular formula is C29H32N2O4. The van der Waals surface area contributed by atoms with E-state index < -0.39 is 11.9 Å². The molecule has 0 spiro atoms. The van der Waals surface area contributed by atoms with E-state index in [9.17, 15) is 14.7 Å². The molecule has 182 valence electrons. The number of hydrogen-bond donors (Lipinski definition) is 2. The van der Waals surface area contributed by atoms with Gasteiger partial charge < -0.3 is 20.1 Å². The third-order valence-electron chi connectivity index (χ3n) is 6.78. The molecular weight excluding hydrogens is 440 g/mol. The second-order valence-electron chi connectivity index (χ2n) is 9.25. The number of amides is 1. The topological polar surface area (TPSA) is 78.9 Å². The van der Waals surface area contributed by atoms with Crippen molar-refractivity contribution in [1.29, 1.82) is 0 Å². The van der Waals surface area contributed by atoms with E-state index in [0.717, 1.165) is 42.6 Å². The fourth-order valence-corrected chi connectivity index (χ4v) is 4.67. The molecule has 1 heterocycles. The number of carbonyl (C=O) groups is 2. The van der Waals surface area contributed by atoms with Gasteiger partial charge in [0.1, 0.15) is 5.75 Å². The van der Waals surface area contributed by atoms with Crippen LogP contribution in [0.2, 0.25) is 0 Å². The molecule has 0 bridgehead atoms. The summed E-state index contributed by atoms with van der Waals surface area (Å²) < 4.78 is 4.91. The highest BCUT2D eigenvalue weighted by Crippen LogP contribution is 2.33. The summed E-state index contributed by atoms with van der Waals surface area (Å²) in [5.74, 6) is -0.775. The van der Waals surface area contributed by atoms with E-state index in [0.29, 0.717) is 17.6 Å². The Morgan fingerprint density at radius 3 is 2.31 bits per heavy atom. The number of hydrogen-bond acceptors (Lipinski definition) is 5. The van der Waals surface area contributed by atoms with Crippen LogP contribution in [0.15, 0.2) is 66.7 Å². The van der Waals surface area contributed by atoms with Crippen molar-refractivity contribution >= 4 is 17.6 Å². The van der Waals surface area contributed by atoms with Gasteiger partial charge in [-0.25, -0.2) is 4.79 Å². The molecule has 1 aliphatic heterocycles. The van der Waals surface area contributed by atoms with Crippen molar-refractivity contribution in [1.82, 2.24) is 4.90 Å². The lowest BCUT2D eigenvalue weighted by Gasteiger charge is -2.34. The second kappa shape index (κ2) is 10.7. The van der Waals surface area contributed by atoms with Gasteiger partial charge in [0.2, 0.25) is 0 Å². The van der Waals surface area contributed by atoms with Gasteiger partial charge in [-0.2, -0.15) is 0 Å². The number of phenolic OH excluding ortho intramolecular Hbond substituents is 1. The first kappa shape index (κ1) is 24.5. The van der Waals surface area contributed by atoms with Crippen LogP contribution in [0.4, 0.5) is 5.69 Å². The number of phenols is 1. The zero-order chi connectivity index (χ0) is 24.9. The van der Waals surface area contributed by atoms with Crippen LogP contribution in [0.3, 0.4) is 0 Å². The number of nitrogens with one attached hydrogen (secondary N) is 1. The minimum absolute atomic E-state index is 0.0929. The third kappa shape index (κ3) is 5.54. The molecule has 0 radical (unpaired) electrons. The number of aromatic hydroxyl groups is 1. The van der Waals surface area contributed by atoms with Gasteiger partial charge in [-0.05, 0) is 86.7 Å². The molecule has 0 saturated carbocycles. The maximum atomic E-state index is 13.3. The number of ether oxygens (including phenoxy) is 1. The minimum Gasteiger partial charge on any atom is -0.507 e. The highest BCUT2D eigenvalue weighted by atomic mass is 16.5. The maximum Gasteiger partial charge on any atom is 0.339 e. The highest BCUT2D eigenvalue weighted by molar-refractivity contribution is 6.09. The number of rotatable bonds is 6. The maximum absolute atomic E-state index is 13.3. The van der Waals surface area contributed by atoms with Crippen molar-refractivity contribution in [3.8, 4) is 16.9 Å². The molecule has 1 amide bonds. The summed E-state index contributed by atoms with van der Waals surface area (Å²) >= 11 is 0. The Morgan fingerprint density at radius 1 is 0.943 bits per heavy atom. The Kier molecular flexibility index (Phi) is 7.51. The molecule has 2 N–H and O–H groups in total. The van der Waals surface area contributed by atoms with Crippen molar-refractivity contribution in [2.45, 2.75) is 38.6 Å². The van der Waals surface area contributed by atoms with E-state index in [1.54, 1.807) is 24.3 Å². The Balaban J connectivity index is 1.60. The SMILES string of the molecule is COC(=O)c1ccc(-c2ccccc2)cc1NC(=O)c1cc(C2CCN(C(C)C)CC2)ccc1O. The third-order valence-corrected chi connectivity index (χ3v) is 6.78. The fraction of sp³-hybridized carbons (Fsp3) is 0.310. The number of piperidine rings is 1. The average molecular weight is 473 g/mol. The van der Waals surface area contributed by atoms with Crippen LogP contribution in [0.5, 0.6) is 5.75 Å². The molecule has 0 aromatic heterocycles. The van der Waals surface area contributed by atoms with Crippen LogP contribution < -0.4 is 5.32 Å². The number of carbonyl (C=O) groups excluding carboxylic acids is 2. The first-order chi connectivity index (χ1) is 16.9. The first-order valence-electron chi connectivity index (χ1n) is 12.0. The highest BCUT2D eigenvalue weighted by Gasteiger charge is 2.24. The fourth-order valence-electron chi connectivity index (χ4n) is 4.67. The van der Waals surface area contributed by atoms with Gasteiger partial charge in [-0.1, -0.05) is 42.5 Å². The summed E-state index contributed by atoms with van der Waals surface area (Å²) in [6, 6.07) is 20.7. The number of likely N-dealkylation sites (tertiary alicyclic amines) is 1. The predicted molar refractivity (Wildman–Crippen MR) is 138 cm³/mol.